The normalized spacial score (nSPS) is 22.3. The summed E-state index contributed by atoms with van der Waals surface area (Å²) < 4.78 is 36.2. The van der Waals surface area contributed by atoms with Gasteiger partial charge >= 0.3 is 6.03 Å². The van der Waals surface area contributed by atoms with Crippen molar-refractivity contribution in [2.24, 2.45) is 5.14 Å². The summed E-state index contributed by atoms with van der Waals surface area (Å²) in [5.74, 6) is 0.918. The van der Waals surface area contributed by atoms with Crippen molar-refractivity contribution in [1.29, 1.82) is 0 Å². The molecule has 5 aromatic rings. The number of sulfonamides is 1. The summed E-state index contributed by atoms with van der Waals surface area (Å²) in [7, 11) is -3.87. The first-order chi connectivity index (χ1) is 25.5. The van der Waals surface area contributed by atoms with Crippen molar-refractivity contribution in [1.82, 2.24) is 30.0 Å². The van der Waals surface area contributed by atoms with Gasteiger partial charge in [0.05, 0.1) is 29.6 Å². The minimum atomic E-state index is -3.87. The summed E-state index contributed by atoms with van der Waals surface area (Å²) in [6.45, 7) is 2.54. The van der Waals surface area contributed by atoms with E-state index >= 15 is 0 Å². The maximum absolute atomic E-state index is 12.9. The van der Waals surface area contributed by atoms with Gasteiger partial charge in [-0.3, -0.25) is 4.57 Å². The number of nitrogens with one attached hydrogen (secondary N) is 3. The number of aryl methyl sites for hydroxylation is 1. The number of aliphatic hydroxyl groups excluding tert-OH is 3. The zero-order chi connectivity index (χ0) is 37.3. The van der Waals surface area contributed by atoms with E-state index in [9.17, 15) is 28.5 Å². The minimum absolute atomic E-state index is 0.0715. The van der Waals surface area contributed by atoms with Gasteiger partial charge in [-0.05, 0) is 49.1 Å². The summed E-state index contributed by atoms with van der Waals surface area (Å²) in [6, 6.07) is 15.6. The van der Waals surface area contributed by atoms with Crippen molar-refractivity contribution >= 4 is 44.7 Å². The minimum Gasteiger partial charge on any atom is -0.394 e. The van der Waals surface area contributed by atoms with Crippen molar-refractivity contribution in [3.63, 3.8) is 0 Å². The molecule has 2 aromatic carbocycles. The molecule has 53 heavy (non-hydrogen) atoms. The molecular formula is C34H40N10O8S. The molecule has 8 N–H and O–H groups in total. The van der Waals surface area contributed by atoms with E-state index in [-0.39, 0.29) is 23.3 Å². The van der Waals surface area contributed by atoms with Crippen LogP contribution >= 0.6 is 0 Å². The Labute approximate surface area is 304 Å². The summed E-state index contributed by atoms with van der Waals surface area (Å²) >= 11 is 0. The van der Waals surface area contributed by atoms with E-state index in [1.54, 1.807) is 6.07 Å². The molecule has 19 heteroatoms. The van der Waals surface area contributed by atoms with Gasteiger partial charge in [0.25, 0.3) is 0 Å². The molecule has 0 spiro atoms. The molecule has 2 amide bonds. The van der Waals surface area contributed by atoms with Gasteiger partial charge in [0.15, 0.2) is 29.0 Å². The molecular weight excluding hydrogens is 709 g/mol. The molecule has 280 valence electrons. The molecule has 0 radical (unpaired) electrons. The molecule has 1 unspecified atom stereocenters. The number of anilines is 3. The second-order valence-electron chi connectivity index (χ2n) is 13.0. The van der Waals surface area contributed by atoms with Crippen LogP contribution in [0.2, 0.25) is 0 Å². The molecule has 7 rings (SSSR count). The zero-order valence-corrected chi connectivity index (χ0v) is 29.4. The van der Waals surface area contributed by atoms with Crippen LogP contribution in [0.25, 0.3) is 11.2 Å². The number of primary sulfonamides is 1. The van der Waals surface area contributed by atoms with E-state index in [0.29, 0.717) is 66.7 Å². The number of aliphatic hydroxyl groups is 3. The van der Waals surface area contributed by atoms with Crippen LogP contribution < -0.4 is 26.0 Å². The lowest BCUT2D eigenvalue weighted by molar-refractivity contribution is -0.0434. The third kappa shape index (κ3) is 7.80. The van der Waals surface area contributed by atoms with Crippen molar-refractivity contribution in [3.05, 3.63) is 84.0 Å². The predicted molar refractivity (Wildman–Crippen MR) is 191 cm³/mol. The number of ether oxygens (including phenoxy) is 1. The van der Waals surface area contributed by atoms with Gasteiger partial charge in [-0.15, -0.1) is 0 Å². The van der Waals surface area contributed by atoms with E-state index in [1.807, 2.05) is 42.2 Å². The quantitative estimate of drug-likeness (QED) is 0.0953. The summed E-state index contributed by atoms with van der Waals surface area (Å²) in [5, 5.41) is 50.7. The fourth-order valence-electron chi connectivity index (χ4n) is 6.48. The maximum atomic E-state index is 12.9. The Balaban J connectivity index is 1.14. The van der Waals surface area contributed by atoms with Gasteiger partial charge in [0.2, 0.25) is 16.0 Å². The van der Waals surface area contributed by atoms with Crippen molar-refractivity contribution in [3.8, 4) is 0 Å². The monoisotopic (exact) mass is 748 g/mol. The number of fused-ring (bicyclic) bond motifs is 1. The number of nitrogens with zero attached hydrogens (tertiary/aromatic N) is 6. The number of urea groups is 1. The van der Waals surface area contributed by atoms with E-state index in [1.165, 1.54) is 35.2 Å². The van der Waals surface area contributed by atoms with Gasteiger partial charge < -0.3 is 45.4 Å². The largest absolute Gasteiger partial charge is 0.394 e. The molecule has 2 aliphatic rings. The van der Waals surface area contributed by atoms with Crippen LogP contribution in [0, 0.1) is 0 Å². The zero-order valence-electron chi connectivity index (χ0n) is 28.6. The van der Waals surface area contributed by atoms with Crippen LogP contribution in [0.15, 0.2) is 76.4 Å². The van der Waals surface area contributed by atoms with Crippen molar-refractivity contribution < 1.29 is 37.8 Å². The average molecular weight is 749 g/mol. The number of hydrogen-bond donors (Lipinski definition) is 7. The van der Waals surface area contributed by atoms with E-state index in [4.69, 9.17) is 24.4 Å². The number of amides is 2. The Morgan fingerprint density at radius 3 is 2.57 bits per heavy atom. The topological polar surface area (TPSA) is 256 Å². The first-order valence-electron chi connectivity index (χ1n) is 17.1. The summed E-state index contributed by atoms with van der Waals surface area (Å²) in [6.07, 6.45) is -1.68. The second-order valence-corrected chi connectivity index (χ2v) is 14.6. The Morgan fingerprint density at radius 2 is 1.87 bits per heavy atom. The molecule has 6 atom stereocenters. The first-order valence-corrected chi connectivity index (χ1v) is 18.6. The summed E-state index contributed by atoms with van der Waals surface area (Å²) in [4.78, 5) is 28.9. The molecule has 0 saturated carbocycles. The lowest BCUT2D eigenvalue weighted by atomic mass is 10.1. The molecule has 5 heterocycles. The highest BCUT2D eigenvalue weighted by Crippen LogP contribution is 2.40. The number of aromatic nitrogens is 5. The Morgan fingerprint density at radius 1 is 1.09 bits per heavy atom. The lowest BCUT2D eigenvalue weighted by Crippen LogP contribution is -2.40. The number of rotatable bonds is 12. The SMILES string of the molecule is CCc1cc([C@H]2O[C@@H](n3cnc4c(N[C@H](CO)Cc5ccccc5)nc(N5CCC(NC(=O)Nc6ccc(S(N)(=O)=O)cc6)C5)nc43)[C@H](O)[C@@H]2O)on1. The third-order valence-electron chi connectivity index (χ3n) is 9.28. The highest BCUT2D eigenvalue weighted by atomic mass is 32.2. The molecule has 18 nitrogen and oxygen atoms in total. The molecule has 2 saturated heterocycles. The number of hydrogen-bond acceptors (Lipinski definition) is 14. The lowest BCUT2D eigenvalue weighted by Gasteiger charge is -2.22. The highest BCUT2D eigenvalue weighted by Gasteiger charge is 2.47. The molecule has 2 fully saturated rings. The smallest absolute Gasteiger partial charge is 0.319 e. The number of imidazole rings is 1. The number of carbonyl (C=O) groups is 1. The number of benzene rings is 2. The Hall–Kier alpha value is -5.18. The Kier molecular flexibility index (Phi) is 10.3. The standard InChI is InChI=1S/C34H40N10O8S/c1-2-20-15-25(52-42-20)29-27(46)28(47)32(51-29)44-18-36-26-30(37-23(17-45)14-19-6-4-3-5-7-19)40-33(41-31(26)44)43-13-12-22(16-43)39-34(48)38-21-8-10-24(11-9-21)53(35,49)50/h3-11,15,18,22-23,27-29,32,45-47H,2,12-14,16-17H2,1H3,(H2,35,49,50)(H,37,40,41)(H2,38,39,48)/t22?,23-,27-,28+,29+,32+/m0/s1. The van der Waals surface area contributed by atoms with E-state index in [2.05, 4.69) is 26.1 Å². The maximum Gasteiger partial charge on any atom is 0.319 e. The van der Waals surface area contributed by atoms with Gasteiger partial charge in [-0.25, -0.2) is 23.3 Å². The van der Waals surface area contributed by atoms with Crippen LogP contribution in [0.1, 0.15) is 42.7 Å². The number of carbonyl (C=O) groups excluding carboxylic acids is 1. The van der Waals surface area contributed by atoms with E-state index < -0.39 is 46.6 Å². The highest BCUT2D eigenvalue weighted by molar-refractivity contribution is 7.89. The van der Waals surface area contributed by atoms with Crippen LogP contribution in [-0.2, 0) is 27.6 Å². The fraction of sp³-hybridized carbons (Fsp3) is 0.382. The van der Waals surface area contributed by atoms with Crippen molar-refractivity contribution in [2.45, 2.75) is 67.7 Å². The van der Waals surface area contributed by atoms with Crippen LogP contribution in [0.5, 0.6) is 0 Å². The Bertz CT molecular complexity index is 2160. The molecule has 2 aliphatic heterocycles. The van der Waals surface area contributed by atoms with Gasteiger partial charge in [-0.2, -0.15) is 9.97 Å². The molecule has 0 bridgehead atoms. The third-order valence-corrected chi connectivity index (χ3v) is 10.2. The van der Waals surface area contributed by atoms with Gasteiger partial charge in [0, 0.05) is 30.9 Å². The fourth-order valence-corrected chi connectivity index (χ4v) is 7.00. The van der Waals surface area contributed by atoms with Crippen molar-refractivity contribution in [2.75, 3.05) is 35.2 Å². The van der Waals surface area contributed by atoms with E-state index in [0.717, 1.165) is 5.56 Å². The van der Waals surface area contributed by atoms with Gasteiger partial charge in [-0.1, -0.05) is 42.4 Å². The summed E-state index contributed by atoms with van der Waals surface area (Å²) in [5.41, 5.74) is 2.72. The molecule has 0 aliphatic carbocycles. The first kappa shape index (κ1) is 36.2. The number of nitrogens with two attached hydrogens (primary N) is 1. The molecule has 3 aromatic heterocycles. The predicted octanol–water partition coefficient (Wildman–Crippen LogP) is 1.43. The van der Waals surface area contributed by atoms with Crippen LogP contribution in [-0.4, -0.2) is 98.4 Å². The second kappa shape index (κ2) is 15.0. The average Bonchev–Trinajstić information content (AvgIpc) is 3.96. The van der Waals surface area contributed by atoms with Crippen LogP contribution in [0.3, 0.4) is 0 Å². The van der Waals surface area contributed by atoms with Gasteiger partial charge in [0.1, 0.15) is 18.3 Å². The van der Waals surface area contributed by atoms with Crippen LogP contribution in [0.4, 0.5) is 22.2 Å².